The molecule has 0 aliphatic carbocycles. The van der Waals surface area contributed by atoms with E-state index >= 15 is 0 Å². The van der Waals surface area contributed by atoms with Gasteiger partial charge in [-0.25, -0.2) is 8.42 Å². The summed E-state index contributed by atoms with van der Waals surface area (Å²) in [6.07, 6.45) is 1.43. The molecular weight excluding hydrogens is 640 g/mol. The Morgan fingerprint density at radius 2 is 1.40 bits per heavy atom. The van der Waals surface area contributed by atoms with Gasteiger partial charge in [-0.2, -0.15) is 4.31 Å². The zero-order valence-electron chi connectivity index (χ0n) is 28.2. The molecule has 4 aromatic rings. The molecule has 0 spiro atoms. The van der Waals surface area contributed by atoms with Crippen molar-refractivity contribution < 1.29 is 41.3 Å². The molecule has 1 aromatic heterocycles. The first-order valence-electron chi connectivity index (χ1n) is 15.6. The number of hydrogen-bond acceptors (Lipinski definition) is 11. The van der Waals surface area contributed by atoms with Gasteiger partial charge in [-0.05, 0) is 50.6 Å². The molecule has 3 aromatic carbocycles. The maximum absolute atomic E-state index is 14.0. The Kier molecular flexibility index (Phi) is 11.0. The minimum absolute atomic E-state index is 0.0233. The van der Waals surface area contributed by atoms with Gasteiger partial charge in [0.15, 0.2) is 17.3 Å². The molecule has 1 saturated heterocycles. The molecule has 0 unspecified atom stereocenters. The van der Waals surface area contributed by atoms with Gasteiger partial charge in [0.05, 0.1) is 47.1 Å². The minimum atomic E-state index is -3.52. The lowest BCUT2D eigenvalue weighted by Crippen LogP contribution is -2.48. The molecule has 48 heavy (non-hydrogen) atoms. The second-order valence-corrected chi connectivity index (χ2v) is 13.3. The van der Waals surface area contributed by atoms with Crippen LogP contribution < -0.4 is 33.8 Å². The number of fused-ring (bicyclic) bond motifs is 1. The smallest absolute Gasteiger partial charge is 0.243 e. The maximum atomic E-state index is 14.0. The summed E-state index contributed by atoms with van der Waals surface area (Å²) in [4.78, 5) is 16.6. The van der Waals surface area contributed by atoms with Crippen molar-refractivity contribution in [2.24, 2.45) is 0 Å². The van der Waals surface area contributed by atoms with Crippen molar-refractivity contribution in [3.8, 4) is 45.8 Å². The van der Waals surface area contributed by atoms with Crippen molar-refractivity contribution in [2.45, 2.75) is 24.7 Å². The normalized spacial score (nSPS) is 14.1. The number of piperazine rings is 1. The number of aryl methyl sites for hydroxylation is 1. The first kappa shape index (κ1) is 34.9. The fraction of sp³-hybridized carbons (Fsp3) is 0.400. The Balaban J connectivity index is 1.32. The molecule has 1 fully saturated rings. The SMILES string of the molecule is COc1cc(OC)c2c(=O)c(OCCCCN3CCN(S(=O)(=O)c4ccc(C)cc4)CC3)c(-c3cc(OC)c(OC)c(OC)c3)oc2c1. The standard InChI is InChI=1S/C35H42N2O10S/c1-23-9-11-26(12-10-23)48(39,40)37-16-14-36(15-17-37)13-7-8-18-46-35-32(38)31-27(42-3)21-25(41-2)22-28(31)47-33(35)24-19-29(43-4)34(45-6)30(20-24)44-5/h9-12,19-22H,7-8,13-18H2,1-6H3. The molecule has 5 rings (SSSR count). The summed E-state index contributed by atoms with van der Waals surface area (Å²) < 4.78 is 67.7. The Hall–Kier alpha value is -4.46. The quantitative estimate of drug-likeness (QED) is 0.167. The predicted octanol–water partition coefficient (Wildman–Crippen LogP) is 4.98. The number of ether oxygens (including phenoxy) is 6. The van der Waals surface area contributed by atoms with E-state index in [2.05, 4.69) is 4.90 Å². The molecule has 0 saturated carbocycles. The van der Waals surface area contributed by atoms with Crippen molar-refractivity contribution in [1.29, 1.82) is 0 Å². The average molecular weight is 683 g/mol. The van der Waals surface area contributed by atoms with Crippen LogP contribution >= 0.6 is 0 Å². The van der Waals surface area contributed by atoms with Crippen molar-refractivity contribution >= 4 is 21.0 Å². The molecule has 0 atom stereocenters. The van der Waals surface area contributed by atoms with Crippen LogP contribution in [0.1, 0.15) is 18.4 Å². The van der Waals surface area contributed by atoms with Crippen LogP contribution in [0, 0.1) is 6.92 Å². The molecule has 0 radical (unpaired) electrons. The fourth-order valence-electron chi connectivity index (χ4n) is 5.72. The van der Waals surface area contributed by atoms with Crippen LogP contribution in [0.5, 0.6) is 34.5 Å². The van der Waals surface area contributed by atoms with Crippen LogP contribution in [0.25, 0.3) is 22.3 Å². The first-order valence-corrected chi connectivity index (χ1v) is 17.0. The van der Waals surface area contributed by atoms with Crippen molar-refractivity contribution in [1.82, 2.24) is 9.21 Å². The molecule has 2 heterocycles. The summed E-state index contributed by atoms with van der Waals surface area (Å²) in [5.74, 6) is 2.13. The maximum Gasteiger partial charge on any atom is 0.243 e. The highest BCUT2D eigenvalue weighted by Gasteiger charge is 2.28. The van der Waals surface area contributed by atoms with Crippen LogP contribution in [0.2, 0.25) is 0 Å². The van der Waals surface area contributed by atoms with Gasteiger partial charge >= 0.3 is 0 Å². The summed E-state index contributed by atoms with van der Waals surface area (Å²) in [5, 5.41) is 0.225. The Morgan fingerprint density at radius 1 is 0.750 bits per heavy atom. The summed E-state index contributed by atoms with van der Waals surface area (Å²) in [5.41, 5.74) is 1.36. The second kappa shape index (κ2) is 15.2. The lowest BCUT2D eigenvalue weighted by Gasteiger charge is -2.34. The molecule has 12 nitrogen and oxygen atoms in total. The largest absolute Gasteiger partial charge is 0.496 e. The van der Waals surface area contributed by atoms with Crippen LogP contribution in [0.4, 0.5) is 0 Å². The van der Waals surface area contributed by atoms with E-state index < -0.39 is 15.5 Å². The van der Waals surface area contributed by atoms with E-state index in [0.29, 0.717) is 71.8 Å². The van der Waals surface area contributed by atoms with E-state index in [4.69, 9.17) is 32.8 Å². The first-order chi connectivity index (χ1) is 23.1. The number of hydrogen-bond donors (Lipinski definition) is 0. The van der Waals surface area contributed by atoms with E-state index in [0.717, 1.165) is 18.5 Å². The Morgan fingerprint density at radius 3 is 1.98 bits per heavy atom. The monoisotopic (exact) mass is 682 g/mol. The number of unbranched alkanes of at least 4 members (excludes halogenated alkanes) is 1. The molecule has 0 N–H and O–H groups in total. The third kappa shape index (κ3) is 7.18. The van der Waals surface area contributed by atoms with E-state index in [1.807, 2.05) is 19.1 Å². The molecule has 1 aliphatic heterocycles. The van der Waals surface area contributed by atoms with Gasteiger partial charge in [0.2, 0.25) is 27.0 Å². The number of sulfonamides is 1. The zero-order valence-corrected chi connectivity index (χ0v) is 29.0. The van der Waals surface area contributed by atoms with E-state index in [9.17, 15) is 13.2 Å². The molecule has 1 aliphatic rings. The summed E-state index contributed by atoms with van der Waals surface area (Å²) in [6.45, 7) is 5.06. The molecule has 258 valence electrons. The van der Waals surface area contributed by atoms with E-state index in [1.54, 1.807) is 40.7 Å². The highest BCUT2D eigenvalue weighted by Crippen LogP contribution is 2.44. The predicted molar refractivity (Wildman–Crippen MR) is 182 cm³/mol. The lowest BCUT2D eigenvalue weighted by atomic mass is 10.1. The molecular formula is C35H42N2O10S. The molecule has 0 bridgehead atoms. The van der Waals surface area contributed by atoms with Crippen molar-refractivity contribution in [3.05, 3.63) is 64.3 Å². The second-order valence-electron chi connectivity index (χ2n) is 11.3. The van der Waals surface area contributed by atoms with Gasteiger partial charge < -0.3 is 37.7 Å². The number of benzene rings is 3. The number of nitrogens with zero attached hydrogens (tertiary/aromatic N) is 2. The lowest BCUT2D eigenvalue weighted by molar-refractivity contribution is 0.181. The van der Waals surface area contributed by atoms with E-state index in [1.165, 1.54) is 35.5 Å². The van der Waals surface area contributed by atoms with Gasteiger partial charge in [0.1, 0.15) is 22.5 Å². The summed E-state index contributed by atoms with van der Waals surface area (Å²) >= 11 is 0. The van der Waals surface area contributed by atoms with E-state index in [-0.39, 0.29) is 29.1 Å². The molecule has 0 amide bonds. The third-order valence-electron chi connectivity index (χ3n) is 8.38. The summed E-state index contributed by atoms with van der Waals surface area (Å²) in [6, 6.07) is 13.6. The summed E-state index contributed by atoms with van der Waals surface area (Å²) in [7, 11) is 3.99. The highest BCUT2D eigenvalue weighted by molar-refractivity contribution is 7.89. The van der Waals surface area contributed by atoms with Crippen LogP contribution in [0.3, 0.4) is 0 Å². The highest BCUT2D eigenvalue weighted by atomic mass is 32.2. The van der Waals surface area contributed by atoms with Crippen molar-refractivity contribution in [3.63, 3.8) is 0 Å². The van der Waals surface area contributed by atoms with Crippen LogP contribution in [-0.2, 0) is 10.0 Å². The fourth-order valence-corrected chi connectivity index (χ4v) is 7.14. The van der Waals surface area contributed by atoms with Gasteiger partial charge in [0, 0.05) is 43.9 Å². The molecule has 13 heteroatoms. The van der Waals surface area contributed by atoms with Crippen molar-refractivity contribution in [2.75, 3.05) is 74.9 Å². The van der Waals surface area contributed by atoms with Gasteiger partial charge in [-0.15, -0.1) is 0 Å². The zero-order chi connectivity index (χ0) is 34.4. The topological polar surface area (TPSA) is 126 Å². The third-order valence-corrected chi connectivity index (χ3v) is 10.3. The Bertz CT molecular complexity index is 1870. The number of methoxy groups -OCH3 is 5. The number of rotatable bonds is 14. The Labute approximate surface area is 280 Å². The van der Waals surface area contributed by atoms with Gasteiger partial charge in [-0.3, -0.25) is 4.79 Å². The van der Waals surface area contributed by atoms with Gasteiger partial charge in [0.25, 0.3) is 0 Å². The average Bonchev–Trinajstić information content (AvgIpc) is 3.11. The van der Waals surface area contributed by atoms with Crippen LogP contribution in [-0.4, -0.2) is 92.5 Å². The van der Waals surface area contributed by atoms with Crippen LogP contribution in [0.15, 0.2) is 62.6 Å². The van der Waals surface area contributed by atoms with Gasteiger partial charge in [-0.1, -0.05) is 17.7 Å². The minimum Gasteiger partial charge on any atom is -0.496 e.